The number of thiol groups is 1. The second-order valence-corrected chi connectivity index (χ2v) is 8.43. The van der Waals surface area contributed by atoms with E-state index in [1.165, 1.54) is 6.07 Å². The molecule has 1 heterocycles. The van der Waals surface area contributed by atoms with Crippen LogP contribution in [0.25, 0.3) is 0 Å². The number of nitrogens with one attached hydrogen (secondary N) is 2. The Bertz CT molecular complexity index is 868. The van der Waals surface area contributed by atoms with E-state index in [-0.39, 0.29) is 18.0 Å². The van der Waals surface area contributed by atoms with E-state index in [1.807, 2.05) is 18.2 Å². The molecule has 0 spiro atoms. The lowest BCUT2D eigenvalue weighted by Gasteiger charge is -2.27. The van der Waals surface area contributed by atoms with Crippen LogP contribution in [0, 0.1) is 5.82 Å². The Hall–Kier alpha value is -2.25. The van der Waals surface area contributed by atoms with Gasteiger partial charge in [-0.1, -0.05) is 24.9 Å². The Morgan fingerprint density at radius 3 is 2.47 bits per heavy atom. The van der Waals surface area contributed by atoms with E-state index in [4.69, 9.17) is 4.99 Å². The lowest BCUT2D eigenvalue weighted by Crippen LogP contribution is -2.27. The van der Waals surface area contributed by atoms with Crippen molar-refractivity contribution in [2.45, 2.75) is 50.2 Å². The van der Waals surface area contributed by atoms with E-state index < -0.39 is 0 Å². The van der Waals surface area contributed by atoms with Crippen molar-refractivity contribution >= 4 is 30.1 Å². The van der Waals surface area contributed by atoms with Crippen LogP contribution in [-0.2, 0) is 0 Å². The average Bonchev–Trinajstić information content (AvgIpc) is 3.20. The number of rotatable bonds is 4. The highest BCUT2D eigenvalue weighted by atomic mass is 32.1. The molecule has 160 valence electrons. The van der Waals surface area contributed by atoms with Gasteiger partial charge in [0.25, 0.3) is 0 Å². The first kappa shape index (κ1) is 21.0. The fourth-order valence-electron chi connectivity index (χ4n) is 4.44. The number of halogens is 1. The van der Waals surface area contributed by atoms with Crippen molar-refractivity contribution in [1.82, 2.24) is 4.72 Å². The van der Waals surface area contributed by atoms with Gasteiger partial charge in [0, 0.05) is 24.5 Å². The van der Waals surface area contributed by atoms with Crippen LogP contribution in [-0.4, -0.2) is 36.3 Å². The normalized spacial score (nSPS) is 24.7. The van der Waals surface area contributed by atoms with E-state index >= 15 is 0 Å². The van der Waals surface area contributed by atoms with Crippen molar-refractivity contribution in [3.8, 4) is 0 Å². The number of hydrogen-bond donors (Lipinski definition) is 4. The zero-order valence-corrected chi connectivity index (χ0v) is 17.9. The summed E-state index contributed by atoms with van der Waals surface area (Å²) < 4.78 is 16.4. The highest BCUT2D eigenvalue weighted by Gasteiger charge is 2.23. The summed E-state index contributed by atoms with van der Waals surface area (Å²) in [6.45, 7) is 1.58. The largest absolute Gasteiger partial charge is 0.391 e. The standard InChI is InChI=1S/C23H29FN4OS/c24-18-3-1-2-17(14-18)16-4-6-19(7-5-16)25-23(27-30)26-20-8-10-21(11-9-20)28-13-12-22(29)15-28/h1-3,8-11,14,16,19,22,29-30H,4-7,12-13,15H2,(H2,25,26,27)/t16?,19?,22-/m1/s1. The molecule has 2 aromatic rings. The topological polar surface area (TPSA) is 59.9 Å². The van der Waals surface area contributed by atoms with Crippen LogP contribution in [0.3, 0.4) is 0 Å². The average molecular weight is 429 g/mol. The number of nitrogens with zero attached hydrogens (tertiary/aromatic N) is 2. The van der Waals surface area contributed by atoms with Crippen molar-refractivity contribution in [2.75, 3.05) is 23.3 Å². The molecule has 1 saturated carbocycles. The Balaban J connectivity index is 1.33. The number of benzene rings is 2. The molecule has 4 rings (SSSR count). The zero-order valence-electron chi connectivity index (χ0n) is 17.0. The van der Waals surface area contributed by atoms with Gasteiger partial charge >= 0.3 is 0 Å². The smallest absolute Gasteiger partial charge is 0.206 e. The zero-order chi connectivity index (χ0) is 20.9. The highest BCUT2D eigenvalue weighted by molar-refractivity contribution is 7.78. The second kappa shape index (κ2) is 9.71. The summed E-state index contributed by atoms with van der Waals surface area (Å²) in [7, 11) is 0. The van der Waals surface area contributed by atoms with Crippen LogP contribution in [0.15, 0.2) is 53.5 Å². The molecule has 30 heavy (non-hydrogen) atoms. The van der Waals surface area contributed by atoms with Crippen molar-refractivity contribution in [3.05, 3.63) is 59.9 Å². The lowest BCUT2D eigenvalue weighted by atomic mass is 9.82. The van der Waals surface area contributed by atoms with Gasteiger partial charge in [-0.25, -0.2) is 9.38 Å². The highest BCUT2D eigenvalue weighted by Crippen LogP contribution is 2.34. The molecule has 5 nitrogen and oxygen atoms in total. The minimum atomic E-state index is -0.231. The number of aliphatic hydroxyl groups excluding tert-OH is 1. The molecule has 1 aliphatic carbocycles. The molecule has 0 radical (unpaired) electrons. The maximum atomic E-state index is 13.5. The molecule has 0 aromatic heterocycles. The Morgan fingerprint density at radius 1 is 1.07 bits per heavy atom. The summed E-state index contributed by atoms with van der Waals surface area (Å²) in [5.74, 6) is 0.881. The molecule has 2 aliphatic rings. The third-order valence-electron chi connectivity index (χ3n) is 6.09. The SMILES string of the molecule is O[C@@H]1CCN(c2ccc(NC(=NC3CCC(c4cccc(F)c4)CC3)NS)cc2)C1. The third-order valence-corrected chi connectivity index (χ3v) is 6.30. The Kier molecular flexibility index (Phi) is 6.79. The predicted molar refractivity (Wildman–Crippen MR) is 124 cm³/mol. The molecule has 2 fully saturated rings. The van der Waals surface area contributed by atoms with E-state index in [1.54, 1.807) is 12.1 Å². The van der Waals surface area contributed by atoms with Crippen molar-refractivity contribution in [2.24, 2.45) is 4.99 Å². The van der Waals surface area contributed by atoms with Crippen LogP contribution in [0.5, 0.6) is 0 Å². The maximum absolute atomic E-state index is 13.5. The van der Waals surface area contributed by atoms with Gasteiger partial charge in [-0.05, 0) is 80.0 Å². The lowest BCUT2D eigenvalue weighted by molar-refractivity contribution is 0.198. The van der Waals surface area contributed by atoms with Crippen molar-refractivity contribution in [3.63, 3.8) is 0 Å². The second-order valence-electron chi connectivity index (χ2n) is 8.21. The molecule has 3 N–H and O–H groups in total. The summed E-state index contributed by atoms with van der Waals surface area (Å²) >= 11 is 4.21. The first-order valence-electron chi connectivity index (χ1n) is 10.6. The maximum Gasteiger partial charge on any atom is 0.206 e. The Morgan fingerprint density at radius 2 is 1.83 bits per heavy atom. The number of aliphatic hydroxyl groups is 1. The van der Waals surface area contributed by atoms with Crippen molar-refractivity contribution in [1.29, 1.82) is 0 Å². The minimum absolute atomic E-state index is 0.162. The fourth-order valence-corrected chi connectivity index (χ4v) is 4.55. The molecular weight excluding hydrogens is 399 g/mol. The Labute approximate surface area is 182 Å². The summed E-state index contributed by atoms with van der Waals surface area (Å²) in [5, 5.41) is 13.0. The predicted octanol–water partition coefficient (Wildman–Crippen LogP) is 4.33. The number of β-amino-alcohol motifs (C(OH)–C–C–N with tert-alkyl or cyclic N) is 1. The van der Waals surface area contributed by atoms with E-state index in [0.29, 0.717) is 18.4 Å². The number of aliphatic imine (C=N–C) groups is 1. The first-order valence-corrected chi connectivity index (χ1v) is 11.1. The van der Waals surface area contributed by atoms with Crippen LogP contribution in [0.4, 0.5) is 15.8 Å². The third kappa shape index (κ3) is 5.26. The minimum Gasteiger partial charge on any atom is -0.391 e. The van der Waals surface area contributed by atoms with E-state index in [2.05, 4.69) is 39.9 Å². The van der Waals surface area contributed by atoms with Crippen LogP contribution >= 0.6 is 12.8 Å². The van der Waals surface area contributed by atoms with Gasteiger partial charge in [0.15, 0.2) is 0 Å². The fraction of sp³-hybridized carbons (Fsp3) is 0.435. The monoisotopic (exact) mass is 428 g/mol. The molecular formula is C23H29FN4OS. The molecule has 2 aromatic carbocycles. The molecule has 0 unspecified atom stereocenters. The number of hydrogen-bond acceptors (Lipinski definition) is 4. The number of guanidine groups is 1. The van der Waals surface area contributed by atoms with Crippen LogP contribution < -0.4 is 14.9 Å². The van der Waals surface area contributed by atoms with E-state index in [0.717, 1.165) is 55.6 Å². The molecule has 0 amide bonds. The first-order chi connectivity index (χ1) is 14.6. The van der Waals surface area contributed by atoms with Gasteiger partial charge < -0.3 is 20.0 Å². The van der Waals surface area contributed by atoms with Gasteiger partial charge in [0.1, 0.15) is 5.82 Å². The summed E-state index contributed by atoms with van der Waals surface area (Å²) in [4.78, 5) is 7.00. The summed E-state index contributed by atoms with van der Waals surface area (Å²) in [6.07, 6.45) is 4.55. The number of anilines is 2. The summed E-state index contributed by atoms with van der Waals surface area (Å²) in [6, 6.07) is 15.3. The van der Waals surface area contributed by atoms with Crippen LogP contribution in [0.1, 0.15) is 43.6 Å². The molecule has 0 bridgehead atoms. The molecule has 1 saturated heterocycles. The molecule has 7 heteroatoms. The quantitative estimate of drug-likeness (QED) is 0.333. The van der Waals surface area contributed by atoms with Gasteiger partial charge in [0.05, 0.1) is 12.1 Å². The van der Waals surface area contributed by atoms with Crippen LogP contribution in [0.2, 0.25) is 0 Å². The molecule has 1 aliphatic heterocycles. The summed E-state index contributed by atoms with van der Waals surface area (Å²) in [5.41, 5.74) is 3.14. The van der Waals surface area contributed by atoms with Gasteiger partial charge in [0.2, 0.25) is 5.96 Å². The van der Waals surface area contributed by atoms with Crippen molar-refractivity contribution < 1.29 is 9.50 Å². The van der Waals surface area contributed by atoms with Gasteiger partial charge in [-0.2, -0.15) is 0 Å². The van der Waals surface area contributed by atoms with Gasteiger partial charge in [-0.3, -0.25) is 0 Å². The molecule has 1 atom stereocenters. The van der Waals surface area contributed by atoms with E-state index in [9.17, 15) is 9.50 Å². The van der Waals surface area contributed by atoms with Gasteiger partial charge in [-0.15, -0.1) is 0 Å².